The molecular weight excluding hydrogens is 216 g/mol. The Morgan fingerprint density at radius 1 is 1.59 bits per heavy atom. The van der Waals surface area contributed by atoms with Gasteiger partial charge in [-0.3, -0.25) is 9.48 Å². The van der Waals surface area contributed by atoms with E-state index in [1.807, 2.05) is 24.7 Å². The maximum absolute atomic E-state index is 11.9. The molecule has 0 aromatic carbocycles. The highest BCUT2D eigenvalue weighted by atomic mass is 16.2. The first-order valence-corrected chi connectivity index (χ1v) is 6.18. The number of carbonyl (C=O) groups excluding carboxylic acids is 1. The second kappa shape index (κ2) is 4.87. The summed E-state index contributed by atoms with van der Waals surface area (Å²) in [6.45, 7) is 2.84. The second-order valence-electron chi connectivity index (χ2n) is 4.58. The fraction of sp³-hybridized carbons (Fsp3) is 0.667. The Bertz CT molecular complexity index is 401. The van der Waals surface area contributed by atoms with Crippen LogP contribution >= 0.6 is 0 Å². The summed E-state index contributed by atoms with van der Waals surface area (Å²) in [4.78, 5) is 13.7. The van der Waals surface area contributed by atoms with E-state index in [-0.39, 0.29) is 18.0 Å². The number of hydrogen-bond acceptors (Lipinski definition) is 3. The first-order chi connectivity index (χ1) is 8.15. The van der Waals surface area contributed by atoms with Gasteiger partial charge in [0, 0.05) is 32.3 Å². The van der Waals surface area contributed by atoms with Crippen molar-refractivity contribution in [2.24, 2.45) is 5.73 Å². The molecule has 0 radical (unpaired) electrons. The van der Waals surface area contributed by atoms with Gasteiger partial charge in [0.1, 0.15) is 0 Å². The molecule has 94 valence electrons. The molecule has 17 heavy (non-hydrogen) atoms. The average molecular weight is 236 g/mol. The number of nitrogens with two attached hydrogens (primary N) is 1. The van der Waals surface area contributed by atoms with E-state index in [1.165, 1.54) is 0 Å². The number of likely N-dealkylation sites (tertiary alicyclic amines) is 1. The molecule has 5 heteroatoms. The molecule has 0 spiro atoms. The van der Waals surface area contributed by atoms with E-state index in [0.717, 1.165) is 25.1 Å². The van der Waals surface area contributed by atoms with Gasteiger partial charge in [-0.25, -0.2) is 0 Å². The molecule has 0 bridgehead atoms. The van der Waals surface area contributed by atoms with Crippen molar-refractivity contribution in [3.8, 4) is 0 Å². The minimum atomic E-state index is -0.0487. The van der Waals surface area contributed by atoms with Gasteiger partial charge in [-0.15, -0.1) is 0 Å². The molecule has 2 rings (SSSR count). The smallest absolute Gasteiger partial charge is 0.222 e. The molecule has 1 aromatic rings. The highest BCUT2D eigenvalue weighted by molar-refractivity contribution is 5.76. The fourth-order valence-electron chi connectivity index (χ4n) is 2.54. The average Bonchev–Trinajstić information content (AvgIpc) is 2.72. The van der Waals surface area contributed by atoms with Crippen LogP contribution in [-0.4, -0.2) is 33.7 Å². The van der Waals surface area contributed by atoms with Gasteiger partial charge in [0.25, 0.3) is 0 Å². The largest absolute Gasteiger partial charge is 0.336 e. The van der Waals surface area contributed by atoms with Gasteiger partial charge in [-0.2, -0.15) is 5.10 Å². The van der Waals surface area contributed by atoms with Gasteiger partial charge in [0.05, 0.1) is 11.7 Å². The SMILES string of the molecule is CCn1nccc1C1C(N)CCCC(=O)N1C. The molecule has 0 aliphatic carbocycles. The van der Waals surface area contributed by atoms with Crippen molar-refractivity contribution in [2.75, 3.05) is 7.05 Å². The van der Waals surface area contributed by atoms with Crippen molar-refractivity contribution in [3.63, 3.8) is 0 Å². The normalized spacial score (nSPS) is 26.1. The van der Waals surface area contributed by atoms with Crippen LogP contribution in [0.15, 0.2) is 12.3 Å². The van der Waals surface area contributed by atoms with Crippen LogP contribution in [0.5, 0.6) is 0 Å². The quantitative estimate of drug-likeness (QED) is 0.830. The summed E-state index contributed by atoms with van der Waals surface area (Å²) in [6.07, 6.45) is 4.13. The molecule has 1 amide bonds. The zero-order chi connectivity index (χ0) is 12.4. The molecule has 1 aliphatic heterocycles. The first-order valence-electron chi connectivity index (χ1n) is 6.18. The molecule has 2 atom stereocenters. The summed E-state index contributed by atoms with van der Waals surface area (Å²) in [5.41, 5.74) is 7.25. The summed E-state index contributed by atoms with van der Waals surface area (Å²) in [6, 6.07) is 1.91. The zero-order valence-electron chi connectivity index (χ0n) is 10.5. The monoisotopic (exact) mass is 236 g/mol. The summed E-state index contributed by atoms with van der Waals surface area (Å²) < 4.78 is 1.92. The number of aromatic nitrogens is 2. The van der Waals surface area contributed by atoms with E-state index >= 15 is 0 Å². The van der Waals surface area contributed by atoms with Gasteiger partial charge in [0.2, 0.25) is 5.91 Å². The predicted molar refractivity (Wildman–Crippen MR) is 65.2 cm³/mol. The lowest BCUT2D eigenvalue weighted by atomic mass is 10.0. The Morgan fingerprint density at radius 2 is 2.35 bits per heavy atom. The Hall–Kier alpha value is -1.36. The first kappa shape index (κ1) is 12.1. The topological polar surface area (TPSA) is 64.2 Å². The van der Waals surface area contributed by atoms with E-state index < -0.39 is 0 Å². The highest BCUT2D eigenvalue weighted by Crippen LogP contribution is 2.28. The summed E-state index contributed by atoms with van der Waals surface area (Å²) >= 11 is 0. The van der Waals surface area contributed by atoms with Crippen molar-refractivity contribution in [2.45, 2.75) is 44.8 Å². The molecule has 1 saturated heterocycles. The number of nitrogens with zero attached hydrogens (tertiary/aromatic N) is 3. The van der Waals surface area contributed by atoms with Crippen LogP contribution in [0.3, 0.4) is 0 Å². The standard InChI is InChI=1S/C12H20N4O/c1-3-16-10(7-8-14-16)12-9(13)5-4-6-11(17)15(12)2/h7-9,12H,3-6,13H2,1-2H3. The maximum atomic E-state index is 11.9. The van der Waals surface area contributed by atoms with Crippen LogP contribution in [0.2, 0.25) is 0 Å². The fourth-order valence-corrected chi connectivity index (χ4v) is 2.54. The van der Waals surface area contributed by atoms with E-state index in [4.69, 9.17) is 5.73 Å². The molecule has 1 fully saturated rings. The van der Waals surface area contributed by atoms with Crippen LogP contribution < -0.4 is 5.73 Å². The molecule has 5 nitrogen and oxygen atoms in total. The Balaban J connectivity index is 2.35. The lowest BCUT2D eigenvalue weighted by Gasteiger charge is -2.30. The lowest BCUT2D eigenvalue weighted by Crippen LogP contribution is -2.40. The molecule has 0 saturated carbocycles. The Morgan fingerprint density at radius 3 is 3.06 bits per heavy atom. The third-order valence-corrected chi connectivity index (χ3v) is 3.50. The van der Waals surface area contributed by atoms with Gasteiger partial charge >= 0.3 is 0 Å². The van der Waals surface area contributed by atoms with Gasteiger partial charge < -0.3 is 10.6 Å². The maximum Gasteiger partial charge on any atom is 0.222 e. The third-order valence-electron chi connectivity index (χ3n) is 3.50. The minimum absolute atomic E-state index is 0.00606. The molecule has 2 unspecified atom stereocenters. The van der Waals surface area contributed by atoms with Crippen molar-refractivity contribution in [3.05, 3.63) is 18.0 Å². The van der Waals surface area contributed by atoms with E-state index in [0.29, 0.717) is 6.42 Å². The molecule has 2 N–H and O–H groups in total. The molecular formula is C12H20N4O. The van der Waals surface area contributed by atoms with Crippen LogP contribution in [0.4, 0.5) is 0 Å². The number of amides is 1. The van der Waals surface area contributed by atoms with Gasteiger partial charge in [-0.1, -0.05) is 0 Å². The van der Waals surface area contributed by atoms with E-state index in [9.17, 15) is 4.79 Å². The summed E-state index contributed by atoms with van der Waals surface area (Å²) in [5.74, 6) is 0.173. The summed E-state index contributed by atoms with van der Waals surface area (Å²) in [7, 11) is 1.84. The minimum Gasteiger partial charge on any atom is -0.336 e. The molecule has 2 heterocycles. The molecule has 1 aromatic heterocycles. The van der Waals surface area contributed by atoms with Crippen molar-refractivity contribution >= 4 is 5.91 Å². The number of rotatable bonds is 2. The van der Waals surface area contributed by atoms with Gasteiger partial charge in [-0.05, 0) is 25.8 Å². The van der Waals surface area contributed by atoms with Crippen LogP contribution in [0.1, 0.15) is 37.9 Å². The van der Waals surface area contributed by atoms with Crippen LogP contribution in [0, 0.1) is 0 Å². The molecule has 1 aliphatic rings. The number of aryl methyl sites for hydroxylation is 1. The van der Waals surface area contributed by atoms with E-state index in [1.54, 1.807) is 11.1 Å². The number of likely N-dealkylation sites (N-methyl/N-ethyl adjacent to an activating group) is 1. The number of hydrogen-bond donors (Lipinski definition) is 1. The number of carbonyl (C=O) groups is 1. The van der Waals surface area contributed by atoms with Crippen LogP contribution in [0.25, 0.3) is 0 Å². The Labute approximate surface area is 102 Å². The van der Waals surface area contributed by atoms with E-state index in [2.05, 4.69) is 5.10 Å². The second-order valence-corrected chi connectivity index (χ2v) is 4.58. The predicted octanol–water partition coefficient (Wildman–Crippen LogP) is 0.914. The van der Waals surface area contributed by atoms with Crippen molar-refractivity contribution in [1.29, 1.82) is 0 Å². The van der Waals surface area contributed by atoms with Crippen LogP contribution in [-0.2, 0) is 11.3 Å². The lowest BCUT2D eigenvalue weighted by molar-refractivity contribution is -0.131. The van der Waals surface area contributed by atoms with Crippen molar-refractivity contribution in [1.82, 2.24) is 14.7 Å². The summed E-state index contributed by atoms with van der Waals surface area (Å²) in [5, 5.41) is 4.26. The third kappa shape index (κ3) is 2.20. The zero-order valence-corrected chi connectivity index (χ0v) is 10.5. The van der Waals surface area contributed by atoms with Gasteiger partial charge in [0.15, 0.2) is 0 Å². The van der Waals surface area contributed by atoms with Crippen molar-refractivity contribution < 1.29 is 4.79 Å². The highest BCUT2D eigenvalue weighted by Gasteiger charge is 2.32. The Kier molecular flexibility index (Phi) is 3.47.